The van der Waals surface area contributed by atoms with Crippen LogP contribution in [0.15, 0.2) is 17.0 Å². The minimum Gasteiger partial charge on any atom is -0.495 e. The molecule has 5 heteroatoms. The van der Waals surface area contributed by atoms with E-state index < -0.39 is 17.3 Å². The van der Waals surface area contributed by atoms with Gasteiger partial charge in [0.25, 0.3) is 0 Å². The van der Waals surface area contributed by atoms with Crippen molar-refractivity contribution in [1.82, 2.24) is 0 Å². The quantitative estimate of drug-likeness (QED) is 0.719. The van der Waals surface area contributed by atoms with Gasteiger partial charge in [-0.05, 0) is 12.1 Å². The van der Waals surface area contributed by atoms with Crippen LogP contribution in [0.3, 0.4) is 0 Å². The lowest BCUT2D eigenvalue weighted by atomic mass is 10.2. The molecule has 0 bridgehead atoms. The van der Waals surface area contributed by atoms with Crippen molar-refractivity contribution in [2.75, 3.05) is 7.11 Å². The van der Waals surface area contributed by atoms with Gasteiger partial charge in [0.1, 0.15) is 5.75 Å². The summed E-state index contributed by atoms with van der Waals surface area (Å²) in [4.78, 5) is 10.4. The van der Waals surface area contributed by atoms with Crippen molar-refractivity contribution in [2.45, 2.75) is 4.90 Å². The predicted molar refractivity (Wildman–Crippen MR) is 47.2 cm³/mol. The van der Waals surface area contributed by atoms with Gasteiger partial charge in [0.05, 0.1) is 17.6 Å². The maximum atomic E-state index is 13.2. The topological polar surface area (TPSA) is 46.5 Å². The van der Waals surface area contributed by atoms with Gasteiger partial charge in [0, 0.05) is 0 Å². The Morgan fingerprint density at radius 1 is 1.62 bits per heavy atom. The minimum absolute atomic E-state index is 0.0950. The highest BCUT2D eigenvalue weighted by Gasteiger charge is 2.15. The molecule has 1 aromatic carbocycles. The van der Waals surface area contributed by atoms with Crippen LogP contribution in [-0.2, 0) is 0 Å². The Labute approximate surface area is 79.6 Å². The molecular weight excluding hydrogens is 195 g/mol. The highest BCUT2D eigenvalue weighted by molar-refractivity contribution is 7.80. The van der Waals surface area contributed by atoms with E-state index in [9.17, 15) is 9.18 Å². The van der Waals surface area contributed by atoms with Gasteiger partial charge in [-0.3, -0.25) is 0 Å². The number of ether oxygens (including phenoxy) is 1. The van der Waals surface area contributed by atoms with E-state index >= 15 is 0 Å². The normalized spacial score (nSPS) is 9.77. The molecule has 0 saturated heterocycles. The van der Waals surface area contributed by atoms with Gasteiger partial charge in [0.15, 0.2) is 5.82 Å². The summed E-state index contributed by atoms with van der Waals surface area (Å²) in [5.74, 6) is -1.99. The highest BCUT2D eigenvalue weighted by Crippen LogP contribution is 2.27. The first-order valence-electron chi connectivity index (χ1n) is 3.36. The zero-order chi connectivity index (χ0) is 10.0. The summed E-state index contributed by atoms with van der Waals surface area (Å²) in [6.07, 6.45) is 0. The van der Waals surface area contributed by atoms with Crippen LogP contribution >= 0.6 is 12.6 Å². The van der Waals surface area contributed by atoms with Crippen LogP contribution < -0.4 is 4.74 Å². The number of carbonyl (C=O) groups is 1. The number of carboxylic acids is 1. The zero-order valence-electron chi connectivity index (χ0n) is 6.74. The summed E-state index contributed by atoms with van der Waals surface area (Å²) in [7, 11) is 1.36. The zero-order valence-corrected chi connectivity index (χ0v) is 7.64. The molecule has 0 heterocycles. The predicted octanol–water partition coefficient (Wildman–Crippen LogP) is 1.82. The number of thiol groups is 1. The van der Waals surface area contributed by atoms with Crippen molar-refractivity contribution in [3.63, 3.8) is 0 Å². The van der Waals surface area contributed by atoms with E-state index in [-0.39, 0.29) is 10.6 Å². The molecule has 0 atom stereocenters. The number of methoxy groups -OCH3 is 1. The van der Waals surface area contributed by atoms with Crippen LogP contribution in [0.4, 0.5) is 4.39 Å². The molecule has 70 valence electrons. The lowest BCUT2D eigenvalue weighted by molar-refractivity contribution is 0.0691. The summed E-state index contributed by atoms with van der Waals surface area (Å²) in [5, 5.41) is 8.54. The number of carboxylic acid groups (broad SMARTS) is 1. The summed E-state index contributed by atoms with van der Waals surface area (Å²) >= 11 is 3.79. The Kier molecular flexibility index (Phi) is 2.77. The second kappa shape index (κ2) is 3.66. The average Bonchev–Trinajstić information content (AvgIpc) is 2.09. The Morgan fingerprint density at radius 2 is 2.23 bits per heavy atom. The molecule has 13 heavy (non-hydrogen) atoms. The molecule has 0 aromatic heterocycles. The van der Waals surface area contributed by atoms with Crippen LogP contribution in [0, 0.1) is 5.82 Å². The van der Waals surface area contributed by atoms with Crippen LogP contribution in [-0.4, -0.2) is 18.2 Å². The van der Waals surface area contributed by atoms with Crippen LogP contribution in [0.1, 0.15) is 10.4 Å². The SMILES string of the molecule is COc1ccc(C(=O)O)c(F)c1S. The third-order valence-electron chi connectivity index (χ3n) is 1.53. The van der Waals surface area contributed by atoms with Gasteiger partial charge in [-0.25, -0.2) is 9.18 Å². The lowest BCUT2D eigenvalue weighted by Gasteiger charge is -2.05. The van der Waals surface area contributed by atoms with E-state index in [4.69, 9.17) is 9.84 Å². The Bertz CT molecular complexity index is 351. The number of benzene rings is 1. The Balaban J connectivity index is 3.31. The second-order valence-electron chi connectivity index (χ2n) is 2.28. The summed E-state index contributed by atoms with van der Waals surface area (Å²) < 4.78 is 17.9. The smallest absolute Gasteiger partial charge is 0.338 e. The molecule has 0 aliphatic carbocycles. The standard InChI is InChI=1S/C8H7FO3S/c1-12-5-3-2-4(8(10)11)6(9)7(5)13/h2-3,13H,1H3,(H,10,11). The Hall–Kier alpha value is -1.23. The molecule has 0 aliphatic heterocycles. The molecule has 0 unspecified atom stereocenters. The molecule has 3 nitrogen and oxygen atoms in total. The van der Waals surface area contributed by atoms with Crippen molar-refractivity contribution in [3.05, 3.63) is 23.5 Å². The van der Waals surface area contributed by atoms with Crippen LogP contribution in [0.5, 0.6) is 5.75 Å². The van der Waals surface area contributed by atoms with Crippen LogP contribution in [0.2, 0.25) is 0 Å². The Morgan fingerprint density at radius 3 is 2.69 bits per heavy atom. The first kappa shape index (κ1) is 9.85. The maximum Gasteiger partial charge on any atom is 0.338 e. The molecule has 0 spiro atoms. The van der Waals surface area contributed by atoms with Gasteiger partial charge in [-0.1, -0.05) is 0 Å². The summed E-state index contributed by atoms with van der Waals surface area (Å²) in [6, 6.07) is 2.49. The molecule has 0 saturated carbocycles. The minimum atomic E-state index is -1.32. The van der Waals surface area contributed by atoms with Gasteiger partial charge in [-0.15, -0.1) is 12.6 Å². The van der Waals surface area contributed by atoms with Crippen molar-refractivity contribution in [3.8, 4) is 5.75 Å². The van der Waals surface area contributed by atoms with Crippen LogP contribution in [0.25, 0.3) is 0 Å². The first-order valence-corrected chi connectivity index (χ1v) is 3.81. The number of aromatic carboxylic acids is 1. The molecule has 1 N–H and O–H groups in total. The maximum absolute atomic E-state index is 13.2. The second-order valence-corrected chi connectivity index (χ2v) is 2.73. The van der Waals surface area contributed by atoms with E-state index in [1.807, 2.05) is 0 Å². The number of halogens is 1. The van der Waals surface area contributed by atoms with E-state index in [2.05, 4.69) is 12.6 Å². The lowest BCUT2D eigenvalue weighted by Crippen LogP contribution is -2.02. The molecule has 0 radical (unpaired) electrons. The number of hydrogen-bond acceptors (Lipinski definition) is 3. The summed E-state index contributed by atoms with van der Waals surface area (Å²) in [6.45, 7) is 0. The van der Waals surface area contributed by atoms with Gasteiger partial charge < -0.3 is 9.84 Å². The third-order valence-corrected chi connectivity index (χ3v) is 1.95. The average molecular weight is 202 g/mol. The van der Waals surface area contributed by atoms with Crippen molar-refractivity contribution in [1.29, 1.82) is 0 Å². The van der Waals surface area contributed by atoms with Crippen molar-refractivity contribution in [2.24, 2.45) is 0 Å². The van der Waals surface area contributed by atoms with Crippen molar-refractivity contribution < 1.29 is 19.0 Å². The molecule has 1 aromatic rings. The van der Waals surface area contributed by atoms with E-state index in [0.29, 0.717) is 0 Å². The van der Waals surface area contributed by atoms with E-state index in [1.54, 1.807) is 0 Å². The van der Waals surface area contributed by atoms with Gasteiger partial charge in [0.2, 0.25) is 0 Å². The van der Waals surface area contributed by atoms with Gasteiger partial charge >= 0.3 is 5.97 Å². The van der Waals surface area contributed by atoms with Gasteiger partial charge in [-0.2, -0.15) is 0 Å². The fourth-order valence-electron chi connectivity index (χ4n) is 0.877. The van der Waals surface area contributed by atoms with E-state index in [1.165, 1.54) is 13.2 Å². The molecule has 1 rings (SSSR count). The summed E-state index contributed by atoms with van der Waals surface area (Å²) in [5.41, 5.74) is -0.411. The molecule has 0 aliphatic rings. The molecule has 0 fully saturated rings. The first-order chi connectivity index (χ1) is 6.07. The molecule has 0 amide bonds. The molecular formula is C8H7FO3S. The largest absolute Gasteiger partial charge is 0.495 e. The van der Waals surface area contributed by atoms with Crippen molar-refractivity contribution >= 4 is 18.6 Å². The number of rotatable bonds is 2. The van der Waals surface area contributed by atoms with E-state index in [0.717, 1.165) is 6.07 Å². The fraction of sp³-hybridized carbons (Fsp3) is 0.125. The monoisotopic (exact) mass is 202 g/mol. The fourth-order valence-corrected chi connectivity index (χ4v) is 1.16. The number of hydrogen-bond donors (Lipinski definition) is 2. The third kappa shape index (κ3) is 1.75. The highest BCUT2D eigenvalue weighted by atomic mass is 32.1.